The van der Waals surface area contributed by atoms with Gasteiger partial charge >= 0.3 is 6.03 Å². The van der Waals surface area contributed by atoms with Crippen LogP contribution >= 0.6 is 0 Å². The minimum Gasteiger partial charge on any atom is -0.338 e. The lowest BCUT2D eigenvalue weighted by Gasteiger charge is -2.08. The van der Waals surface area contributed by atoms with Crippen LogP contribution in [-0.4, -0.2) is 22.4 Å². The number of amides is 2. The molecule has 1 aromatic rings. The van der Waals surface area contributed by atoms with E-state index in [1.165, 1.54) is 0 Å². The maximum Gasteiger partial charge on any atom is 0.320 e. The minimum atomic E-state index is -0.188. The molecule has 0 saturated heterocycles. The quantitative estimate of drug-likeness (QED) is 0.794. The second kappa shape index (κ2) is 4.82. The number of urea groups is 1. The predicted molar refractivity (Wildman–Crippen MR) is 59.8 cm³/mol. The molecule has 1 aromatic heterocycles. The van der Waals surface area contributed by atoms with Gasteiger partial charge in [0.15, 0.2) is 0 Å². The normalized spacial score (nSPS) is 10.5. The van der Waals surface area contributed by atoms with Gasteiger partial charge in [0, 0.05) is 19.7 Å². The van der Waals surface area contributed by atoms with Gasteiger partial charge in [-0.2, -0.15) is 5.10 Å². The number of carbonyl (C=O) groups is 1. The highest BCUT2D eigenvalue weighted by atomic mass is 16.2. The molecule has 0 unspecified atom stereocenters. The van der Waals surface area contributed by atoms with E-state index in [4.69, 9.17) is 0 Å². The zero-order valence-electron chi connectivity index (χ0n) is 9.66. The van der Waals surface area contributed by atoms with Crippen LogP contribution in [0.25, 0.3) is 0 Å². The third-order valence-corrected chi connectivity index (χ3v) is 1.91. The van der Waals surface area contributed by atoms with E-state index in [-0.39, 0.29) is 6.03 Å². The van der Waals surface area contributed by atoms with Gasteiger partial charge < -0.3 is 5.32 Å². The largest absolute Gasteiger partial charge is 0.338 e. The van der Waals surface area contributed by atoms with Crippen molar-refractivity contribution in [1.82, 2.24) is 15.1 Å². The molecule has 0 saturated carbocycles. The summed E-state index contributed by atoms with van der Waals surface area (Å²) in [5.41, 5.74) is 0.886. The molecule has 0 radical (unpaired) electrons. The molecule has 0 aromatic carbocycles. The zero-order chi connectivity index (χ0) is 11.4. The van der Waals surface area contributed by atoms with Gasteiger partial charge in [-0.25, -0.2) is 4.79 Å². The predicted octanol–water partition coefficient (Wildman–Crippen LogP) is 1.51. The number of hydrogen-bond acceptors (Lipinski definition) is 2. The Balaban J connectivity index is 2.48. The van der Waals surface area contributed by atoms with E-state index in [0.29, 0.717) is 18.3 Å². The lowest BCUT2D eigenvalue weighted by molar-refractivity contribution is 0.250. The first kappa shape index (κ1) is 11.6. The summed E-state index contributed by atoms with van der Waals surface area (Å²) in [4.78, 5) is 11.4. The van der Waals surface area contributed by atoms with E-state index >= 15 is 0 Å². The third-order valence-electron chi connectivity index (χ3n) is 1.91. The molecule has 84 valence electrons. The van der Waals surface area contributed by atoms with Crippen molar-refractivity contribution in [2.75, 3.05) is 11.9 Å². The molecule has 2 amide bonds. The third kappa shape index (κ3) is 3.61. The van der Waals surface area contributed by atoms with Crippen molar-refractivity contribution in [1.29, 1.82) is 0 Å². The summed E-state index contributed by atoms with van der Waals surface area (Å²) < 4.78 is 1.64. The van der Waals surface area contributed by atoms with Crippen LogP contribution in [0.1, 0.15) is 19.5 Å². The van der Waals surface area contributed by atoms with Gasteiger partial charge in [-0.3, -0.25) is 10.00 Å². The molecule has 0 aliphatic carbocycles. The van der Waals surface area contributed by atoms with E-state index in [9.17, 15) is 4.79 Å². The van der Waals surface area contributed by atoms with Gasteiger partial charge in [0.1, 0.15) is 5.82 Å². The molecule has 2 N–H and O–H groups in total. The number of aryl methyl sites for hydroxylation is 2. The Kier molecular flexibility index (Phi) is 3.71. The number of carbonyl (C=O) groups excluding carboxylic acids is 1. The topological polar surface area (TPSA) is 59.0 Å². The Hall–Kier alpha value is -1.52. The fourth-order valence-electron chi connectivity index (χ4n) is 1.18. The molecule has 15 heavy (non-hydrogen) atoms. The van der Waals surface area contributed by atoms with Gasteiger partial charge in [-0.1, -0.05) is 13.8 Å². The molecule has 0 aliphatic heterocycles. The van der Waals surface area contributed by atoms with Crippen LogP contribution in [0.2, 0.25) is 0 Å². The van der Waals surface area contributed by atoms with Crippen molar-refractivity contribution in [3.05, 3.63) is 11.8 Å². The van der Waals surface area contributed by atoms with Crippen LogP contribution in [0.5, 0.6) is 0 Å². The van der Waals surface area contributed by atoms with Gasteiger partial charge in [-0.15, -0.1) is 0 Å². The Morgan fingerprint density at radius 1 is 1.60 bits per heavy atom. The molecule has 0 bridgehead atoms. The van der Waals surface area contributed by atoms with Gasteiger partial charge in [-0.05, 0) is 12.8 Å². The van der Waals surface area contributed by atoms with E-state index in [1.54, 1.807) is 11.7 Å². The number of aromatic nitrogens is 2. The fourth-order valence-corrected chi connectivity index (χ4v) is 1.18. The Bertz CT molecular complexity index is 343. The van der Waals surface area contributed by atoms with Crippen molar-refractivity contribution < 1.29 is 4.79 Å². The maximum atomic E-state index is 11.4. The average molecular weight is 210 g/mol. The lowest BCUT2D eigenvalue weighted by atomic mass is 10.2. The number of nitrogens with one attached hydrogen (secondary N) is 2. The number of hydrogen-bond donors (Lipinski definition) is 2. The van der Waals surface area contributed by atoms with Crippen LogP contribution in [0.15, 0.2) is 6.07 Å². The lowest BCUT2D eigenvalue weighted by Crippen LogP contribution is -2.32. The van der Waals surface area contributed by atoms with Gasteiger partial charge in [0.05, 0.1) is 5.69 Å². The molecule has 0 atom stereocenters. The highest BCUT2D eigenvalue weighted by Gasteiger charge is 2.06. The maximum absolute atomic E-state index is 11.4. The van der Waals surface area contributed by atoms with Crippen LogP contribution in [0, 0.1) is 12.8 Å². The fraction of sp³-hybridized carbons (Fsp3) is 0.600. The smallest absolute Gasteiger partial charge is 0.320 e. The molecular weight excluding hydrogens is 192 g/mol. The van der Waals surface area contributed by atoms with Crippen LogP contribution < -0.4 is 10.6 Å². The van der Waals surface area contributed by atoms with E-state index in [2.05, 4.69) is 29.6 Å². The summed E-state index contributed by atoms with van der Waals surface area (Å²) in [6, 6.07) is 1.64. The molecule has 1 rings (SSSR count). The van der Waals surface area contributed by atoms with Crippen molar-refractivity contribution in [3.63, 3.8) is 0 Å². The van der Waals surface area contributed by atoms with E-state index in [1.807, 2.05) is 13.0 Å². The second-order valence-corrected chi connectivity index (χ2v) is 4.02. The first-order chi connectivity index (χ1) is 6.99. The molecule has 1 heterocycles. The molecule has 0 spiro atoms. The molecule has 5 nitrogen and oxygen atoms in total. The highest BCUT2D eigenvalue weighted by Crippen LogP contribution is 2.07. The zero-order valence-corrected chi connectivity index (χ0v) is 9.66. The van der Waals surface area contributed by atoms with Crippen molar-refractivity contribution >= 4 is 11.8 Å². The first-order valence-corrected chi connectivity index (χ1v) is 5.04. The summed E-state index contributed by atoms with van der Waals surface area (Å²) in [6.45, 7) is 6.66. The second-order valence-electron chi connectivity index (χ2n) is 4.02. The first-order valence-electron chi connectivity index (χ1n) is 5.04. The van der Waals surface area contributed by atoms with Crippen molar-refractivity contribution in [2.24, 2.45) is 13.0 Å². The summed E-state index contributed by atoms with van der Waals surface area (Å²) >= 11 is 0. The van der Waals surface area contributed by atoms with Gasteiger partial charge in [0.2, 0.25) is 0 Å². The van der Waals surface area contributed by atoms with Crippen LogP contribution in [0.4, 0.5) is 10.6 Å². The highest BCUT2D eigenvalue weighted by molar-refractivity contribution is 5.88. The van der Waals surface area contributed by atoms with Crippen LogP contribution in [-0.2, 0) is 7.05 Å². The summed E-state index contributed by atoms with van der Waals surface area (Å²) in [5.74, 6) is 1.15. The summed E-state index contributed by atoms with van der Waals surface area (Å²) in [5, 5.41) is 9.65. The Morgan fingerprint density at radius 2 is 2.27 bits per heavy atom. The monoisotopic (exact) mass is 210 g/mol. The van der Waals surface area contributed by atoms with Gasteiger partial charge in [0.25, 0.3) is 0 Å². The number of anilines is 1. The van der Waals surface area contributed by atoms with Crippen LogP contribution in [0.3, 0.4) is 0 Å². The molecule has 0 fully saturated rings. The molecule has 0 aliphatic rings. The van der Waals surface area contributed by atoms with E-state index < -0.39 is 0 Å². The number of rotatable bonds is 3. The minimum absolute atomic E-state index is 0.188. The summed E-state index contributed by atoms with van der Waals surface area (Å²) in [7, 11) is 1.80. The number of nitrogens with zero attached hydrogens (tertiary/aromatic N) is 2. The molecule has 5 heteroatoms. The Morgan fingerprint density at radius 3 is 2.73 bits per heavy atom. The Labute approximate surface area is 89.9 Å². The standard InChI is InChI=1S/C10H18N4O/c1-7(2)6-11-10(15)12-9-5-8(3)13-14(9)4/h5,7H,6H2,1-4H3,(H2,11,12,15). The molecular formula is C10H18N4O. The SMILES string of the molecule is Cc1cc(NC(=O)NCC(C)C)n(C)n1. The average Bonchev–Trinajstić information content (AvgIpc) is 2.42. The summed E-state index contributed by atoms with van der Waals surface area (Å²) in [6.07, 6.45) is 0. The van der Waals surface area contributed by atoms with E-state index in [0.717, 1.165) is 5.69 Å². The van der Waals surface area contributed by atoms with Crippen molar-refractivity contribution in [2.45, 2.75) is 20.8 Å². The van der Waals surface area contributed by atoms with Crippen molar-refractivity contribution in [3.8, 4) is 0 Å².